The molecule has 0 aromatic heterocycles. The van der Waals surface area contributed by atoms with Crippen LogP contribution < -0.4 is 0 Å². The van der Waals surface area contributed by atoms with Crippen molar-refractivity contribution >= 4 is 5.91 Å². The van der Waals surface area contributed by atoms with Crippen LogP contribution in [0.15, 0.2) is 0 Å². The molecular formula is C14H26N2O3. The minimum absolute atomic E-state index is 0.146. The molecule has 2 rings (SSSR count). The smallest absolute Gasteiger partial charge is 0.236 e. The van der Waals surface area contributed by atoms with E-state index >= 15 is 0 Å². The Morgan fingerprint density at radius 2 is 2.26 bits per heavy atom. The van der Waals surface area contributed by atoms with E-state index < -0.39 is 0 Å². The maximum absolute atomic E-state index is 12.3. The van der Waals surface area contributed by atoms with Gasteiger partial charge in [-0.1, -0.05) is 6.42 Å². The fourth-order valence-electron chi connectivity index (χ4n) is 2.74. The summed E-state index contributed by atoms with van der Waals surface area (Å²) in [6.07, 6.45) is 4.55. The predicted molar refractivity (Wildman–Crippen MR) is 72.9 cm³/mol. The number of morpholine rings is 1. The molecule has 5 nitrogen and oxygen atoms in total. The second-order valence-corrected chi connectivity index (χ2v) is 5.65. The zero-order chi connectivity index (χ0) is 13.7. The van der Waals surface area contributed by atoms with Gasteiger partial charge in [-0.2, -0.15) is 0 Å². The summed E-state index contributed by atoms with van der Waals surface area (Å²) in [6, 6.07) is 0.550. The molecule has 0 spiro atoms. The van der Waals surface area contributed by atoms with E-state index in [2.05, 4.69) is 4.90 Å². The van der Waals surface area contributed by atoms with E-state index in [1.807, 2.05) is 11.8 Å². The molecule has 2 aliphatic rings. The lowest BCUT2D eigenvalue weighted by Gasteiger charge is -2.39. The highest BCUT2D eigenvalue weighted by Gasteiger charge is 2.28. The topological polar surface area (TPSA) is 53.0 Å². The van der Waals surface area contributed by atoms with Crippen molar-refractivity contribution in [2.75, 3.05) is 39.4 Å². The second kappa shape index (κ2) is 7.22. The number of carbonyl (C=O) groups is 1. The molecule has 1 N–H and O–H groups in total. The lowest BCUT2D eigenvalue weighted by Crippen LogP contribution is -2.51. The highest BCUT2D eigenvalue weighted by atomic mass is 16.5. The van der Waals surface area contributed by atoms with Crippen molar-refractivity contribution < 1.29 is 14.6 Å². The van der Waals surface area contributed by atoms with Crippen LogP contribution in [0.5, 0.6) is 0 Å². The van der Waals surface area contributed by atoms with E-state index in [4.69, 9.17) is 9.84 Å². The zero-order valence-corrected chi connectivity index (χ0v) is 11.9. The van der Waals surface area contributed by atoms with Crippen LogP contribution in [-0.2, 0) is 9.53 Å². The molecule has 0 radical (unpaired) electrons. The van der Waals surface area contributed by atoms with Crippen LogP contribution in [0.25, 0.3) is 0 Å². The normalized spacial score (nSPS) is 24.6. The van der Waals surface area contributed by atoms with E-state index in [0.29, 0.717) is 32.3 Å². The van der Waals surface area contributed by atoms with Gasteiger partial charge in [0.15, 0.2) is 0 Å². The molecule has 1 amide bonds. The third-order valence-electron chi connectivity index (χ3n) is 4.13. The van der Waals surface area contributed by atoms with Gasteiger partial charge in [0.1, 0.15) is 0 Å². The first-order chi connectivity index (χ1) is 9.20. The summed E-state index contributed by atoms with van der Waals surface area (Å²) in [5.74, 6) is 0.208. The number of ether oxygens (including phenoxy) is 1. The molecule has 1 heterocycles. The molecule has 0 aromatic rings. The van der Waals surface area contributed by atoms with Gasteiger partial charge in [0.2, 0.25) is 5.91 Å². The molecule has 0 aromatic carbocycles. The van der Waals surface area contributed by atoms with Crippen LogP contribution in [0.1, 0.15) is 32.6 Å². The molecular weight excluding hydrogens is 244 g/mol. The number of hydrogen-bond acceptors (Lipinski definition) is 4. The first kappa shape index (κ1) is 14.8. The van der Waals surface area contributed by atoms with Crippen molar-refractivity contribution in [3.05, 3.63) is 0 Å². The fourth-order valence-corrected chi connectivity index (χ4v) is 2.74. The van der Waals surface area contributed by atoms with Gasteiger partial charge in [0, 0.05) is 32.3 Å². The van der Waals surface area contributed by atoms with Crippen molar-refractivity contribution in [1.82, 2.24) is 9.80 Å². The number of aliphatic hydroxyl groups excluding tert-OH is 1. The molecule has 1 saturated carbocycles. The molecule has 1 atom stereocenters. The summed E-state index contributed by atoms with van der Waals surface area (Å²) in [5, 5.41) is 8.97. The van der Waals surface area contributed by atoms with Gasteiger partial charge in [0.25, 0.3) is 0 Å². The Balaban J connectivity index is 1.82. The van der Waals surface area contributed by atoms with Gasteiger partial charge in [0.05, 0.1) is 19.3 Å². The fraction of sp³-hybridized carbons (Fsp3) is 0.929. The Morgan fingerprint density at radius 1 is 1.47 bits per heavy atom. The van der Waals surface area contributed by atoms with Crippen LogP contribution in [0.3, 0.4) is 0 Å². The summed E-state index contributed by atoms with van der Waals surface area (Å²) in [7, 11) is 0. The highest BCUT2D eigenvalue weighted by Crippen LogP contribution is 2.25. The van der Waals surface area contributed by atoms with Gasteiger partial charge < -0.3 is 14.7 Å². The van der Waals surface area contributed by atoms with Crippen molar-refractivity contribution in [3.8, 4) is 0 Å². The average Bonchev–Trinajstić information content (AvgIpc) is 2.33. The number of rotatable bonds is 6. The average molecular weight is 270 g/mol. The first-order valence-electron chi connectivity index (χ1n) is 7.45. The number of nitrogens with zero attached hydrogens (tertiary/aromatic N) is 2. The van der Waals surface area contributed by atoms with Crippen LogP contribution in [-0.4, -0.2) is 72.4 Å². The lowest BCUT2D eigenvalue weighted by atomic mass is 9.91. The largest absolute Gasteiger partial charge is 0.396 e. The molecule has 19 heavy (non-hydrogen) atoms. The van der Waals surface area contributed by atoms with Crippen LogP contribution in [0.2, 0.25) is 0 Å². The lowest BCUT2D eigenvalue weighted by molar-refractivity contribution is -0.140. The third kappa shape index (κ3) is 4.16. The van der Waals surface area contributed by atoms with Gasteiger partial charge in [-0.3, -0.25) is 9.69 Å². The molecule has 2 fully saturated rings. The molecule has 1 unspecified atom stereocenters. The van der Waals surface area contributed by atoms with Gasteiger partial charge in [-0.15, -0.1) is 0 Å². The van der Waals surface area contributed by atoms with Gasteiger partial charge in [-0.25, -0.2) is 0 Å². The van der Waals surface area contributed by atoms with Crippen molar-refractivity contribution in [2.45, 2.75) is 44.8 Å². The highest BCUT2D eigenvalue weighted by molar-refractivity contribution is 5.78. The van der Waals surface area contributed by atoms with Crippen LogP contribution >= 0.6 is 0 Å². The molecule has 0 bridgehead atoms. The predicted octanol–water partition coefficient (Wildman–Crippen LogP) is 0.471. The monoisotopic (exact) mass is 270 g/mol. The van der Waals surface area contributed by atoms with Crippen molar-refractivity contribution in [1.29, 1.82) is 0 Å². The minimum Gasteiger partial charge on any atom is -0.396 e. The molecule has 1 aliphatic heterocycles. The Labute approximate surface area is 115 Å². The summed E-state index contributed by atoms with van der Waals surface area (Å²) < 4.78 is 5.47. The Morgan fingerprint density at radius 3 is 2.84 bits per heavy atom. The van der Waals surface area contributed by atoms with Crippen LogP contribution in [0, 0.1) is 0 Å². The summed E-state index contributed by atoms with van der Waals surface area (Å²) in [6.45, 7) is 5.59. The summed E-state index contributed by atoms with van der Waals surface area (Å²) in [5.41, 5.74) is 0. The van der Waals surface area contributed by atoms with Crippen LogP contribution in [0.4, 0.5) is 0 Å². The minimum atomic E-state index is 0.146. The van der Waals surface area contributed by atoms with E-state index in [9.17, 15) is 4.79 Å². The number of hydrogen-bond donors (Lipinski definition) is 1. The Hall–Kier alpha value is -0.650. The zero-order valence-electron chi connectivity index (χ0n) is 11.9. The molecule has 110 valence electrons. The Kier molecular flexibility index (Phi) is 5.60. The van der Waals surface area contributed by atoms with E-state index in [1.165, 1.54) is 19.3 Å². The van der Waals surface area contributed by atoms with E-state index in [-0.39, 0.29) is 18.6 Å². The molecule has 1 saturated heterocycles. The van der Waals surface area contributed by atoms with Crippen molar-refractivity contribution in [3.63, 3.8) is 0 Å². The molecule has 5 heteroatoms. The molecule has 1 aliphatic carbocycles. The summed E-state index contributed by atoms with van der Waals surface area (Å²) in [4.78, 5) is 16.5. The number of carbonyl (C=O) groups excluding carboxylic acids is 1. The maximum Gasteiger partial charge on any atom is 0.236 e. The Bertz CT molecular complexity index is 294. The summed E-state index contributed by atoms with van der Waals surface area (Å²) >= 11 is 0. The standard InChI is InChI=1S/C14H26N2O3/c1-12-10-16(7-9-19-12)14(18)11-15(6-3-8-17)13-4-2-5-13/h12-13,17H,2-11H2,1H3. The van der Waals surface area contributed by atoms with Crippen molar-refractivity contribution in [2.24, 2.45) is 0 Å². The third-order valence-corrected chi connectivity index (χ3v) is 4.13. The first-order valence-corrected chi connectivity index (χ1v) is 7.45. The van der Waals surface area contributed by atoms with E-state index in [0.717, 1.165) is 13.0 Å². The number of aliphatic hydroxyl groups is 1. The second-order valence-electron chi connectivity index (χ2n) is 5.65. The SMILES string of the molecule is CC1CN(C(=O)CN(CCCO)C2CCC2)CCO1. The maximum atomic E-state index is 12.3. The van der Waals surface area contributed by atoms with Gasteiger partial charge >= 0.3 is 0 Å². The van der Waals surface area contributed by atoms with E-state index in [1.54, 1.807) is 0 Å². The number of amides is 1. The quantitative estimate of drug-likeness (QED) is 0.762. The van der Waals surface area contributed by atoms with Gasteiger partial charge in [-0.05, 0) is 26.2 Å².